The van der Waals surface area contributed by atoms with Gasteiger partial charge in [0.25, 0.3) is 0 Å². The maximum Gasteiger partial charge on any atom is 0.460 e. The predicted octanol–water partition coefficient (Wildman–Crippen LogP) is 5.03. The SMILES string of the molecule is CC(O)(c1ccccn1)C(F)(F)C(F)(F)C(F)(F)C(F)(F)C(F)(F)C(F)(F)F. The van der Waals surface area contributed by atoms with Crippen molar-refractivity contribution < 1.29 is 62.2 Å². The van der Waals surface area contributed by atoms with Gasteiger partial charge in [0.05, 0.1) is 5.69 Å². The molecular formula is C13H8F13NO. The zero-order valence-electron chi connectivity index (χ0n) is 13.1. The Bertz CT molecular complexity index is 696. The lowest BCUT2D eigenvalue weighted by molar-refractivity contribution is -0.450. The van der Waals surface area contributed by atoms with Crippen LogP contribution in [-0.2, 0) is 5.60 Å². The Morgan fingerprint density at radius 3 is 1.39 bits per heavy atom. The van der Waals surface area contributed by atoms with E-state index in [9.17, 15) is 62.2 Å². The molecule has 1 N–H and O–H groups in total. The van der Waals surface area contributed by atoms with Gasteiger partial charge < -0.3 is 5.11 Å². The molecule has 1 rings (SSSR count). The number of pyridine rings is 1. The second-order valence-electron chi connectivity index (χ2n) is 5.66. The molecule has 0 saturated heterocycles. The Kier molecular flexibility index (Phi) is 5.50. The minimum Gasteiger partial charge on any atom is -0.377 e. The highest BCUT2D eigenvalue weighted by molar-refractivity contribution is 5.21. The molecule has 2 nitrogen and oxygen atoms in total. The fourth-order valence-corrected chi connectivity index (χ4v) is 1.89. The van der Waals surface area contributed by atoms with Crippen LogP contribution in [0.5, 0.6) is 0 Å². The van der Waals surface area contributed by atoms with Crippen LogP contribution in [0.1, 0.15) is 12.6 Å². The van der Waals surface area contributed by atoms with Crippen molar-refractivity contribution in [3.05, 3.63) is 30.1 Å². The van der Waals surface area contributed by atoms with E-state index in [1.807, 2.05) is 0 Å². The van der Waals surface area contributed by atoms with Crippen LogP contribution in [0.15, 0.2) is 24.4 Å². The van der Waals surface area contributed by atoms with Crippen LogP contribution in [0.3, 0.4) is 0 Å². The predicted molar refractivity (Wildman–Crippen MR) is 64.6 cm³/mol. The van der Waals surface area contributed by atoms with Crippen molar-refractivity contribution in [1.29, 1.82) is 0 Å². The van der Waals surface area contributed by atoms with Crippen molar-refractivity contribution in [3.8, 4) is 0 Å². The van der Waals surface area contributed by atoms with E-state index in [0.717, 1.165) is 12.1 Å². The molecule has 0 aliphatic heterocycles. The van der Waals surface area contributed by atoms with Crippen LogP contribution in [-0.4, -0.2) is 45.9 Å². The molecular weight excluding hydrogens is 433 g/mol. The summed E-state index contributed by atoms with van der Waals surface area (Å²) in [6.07, 6.45) is -6.91. The maximum absolute atomic E-state index is 14.0. The van der Waals surface area contributed by atoms with E-state index in [4.69, 9.17) is 0 Å². The van der Waals surface area contributed by atoms with Gasteiger partial charge in [-0.3, -0.25) is 4.98 Å². The van der Waals surface area contributed by atoms with Crippen LogP contribution < -0.4 is 0 Å². The number of aliphatic hydroxyl groups is 1. The molecule has 28 heavy (non-hydrogen) atoms. The number of alkyl halides is 13. The molecule has 1 aromatic rings. The van der Waals surface area contributed by atoms with Crippen molar-refractivity contribution in [2.75, 3.05) is 0 Å². The Hall–Kier alpha value is -1.80. The van der Waals surface area contributed by atoms with Gasteiger partial charge in [-0.05, 0) is 19.1 Å². The lowest BCUT2D eigenvalue weighted by Crippen LogP contribution is -2.72. The third kappa shape index (κ3) is 2.97. The third-order valence-electron chi connectivity index (χ3n) is 3.71. The summed E-state index contributed by atoms with van der Waals surface area (Å²) < 4.78 is 170. The Morgan fingerprint density at radius 2 is 1.04 bits per heavy atom. The van der Waals surface area contributed by atoms with Gasteiger partial charge >= 0.3 is 35.8 Å². The van der Waals surface area contributed by atoms with E-state index < -0.39 is 47.1 Å². The summed E-state index contributed by atoms with van der Waals surface area (Å²) in [5, 5.41) is 9.56. The molecule has 0 aliphatic rings. The second kappa shape index (κ2) is 6.35. The van der Waals surface area contributed by atoms with Crippen molar-refractivity contribution in [1.82, 2.24) is 4.98 Å². The molecule has 1 atom stereocenters. The average molecular weight is 441 g/mol. The Labute approximate surface area is 147 Å². The summed E-state index contributed by atoms with van der Waals surface area (Å²) in [6.45, 7) is -0.292. The molecule has 0 bridgehead atoms. The minimum atomic E-state index is -8.02. The number of hydrogen-bond acceptors (Lipinski definition) is 2. The lowest BCUT2D eigenvalue weighted by Gasteiger charge is -2.43. The summed E-state index contributed by atoms with van der Waals surface area (Å²) in [4.78, 5) is 2.94. The Morgan fingerprint density at radius 1 is 0.643 bits per heavy atom. The van der Waals surface area contributed by atoms with E-state index >= 15 is 0 Å². The summed E-state index contributed by atoms with van der Waals surface area (Å²) in [7, 11) is 0. The van der Waals surface area contributed by atoms with Gasteiger partial charge in [-0.15, -0.1) is 0 Å². The molecule has 0 aliphatic carbocycles. The third-order valence-corrected chi connectivity index (χ3v) is 3.71. The molecule has 1 unspecified atom stereocenters. The summed E-state index contributed by atoms with van der Waals surface area (Å²) in [5.74, 6) is -38.1. The van der Waals surface area contributed by atoms with Crippen molar-refractivity contribution in [3.63, 3.8) is 0 Å². The average Bonchev–Trinajstić information content (AvgIpc) is 2.53. The zero-order chi connectivity index (χ0) is 22.6. The fourth-order valence-electron chi connectivity index (χ4n) is 1.89. The van der Waals surface area contributed by atoms with E-state index in [2.05, 4.69) is 4.98 Å². The summed E-state index contributed by atoms with van der Waals surface area (Å²) in [5.41, 5.74) is -5.97. The largest absolute Gasteiger partial charge is 0.460 e. The van der Waals surface area contributed by atoms with Crippen molar-refractivity contribution in [2.45, 2.75) is 48.3 Å². The van der Waals surface area contributed by atoms with E-state index in [-0.39, 0.29) is 6.92 Å². The molecule has 0 spiro atoms. The first-order valence-electron chi connectivity index (χ1n) is 6.70. The number of rotatable bonds is 6. The van der Waals surface area contributed by atoms with Gasteiger partial charge in [0.1, 0.15) is 0 Å². The molecule has 0 fully saturated rings. The second-order valence-corrected chi connectivity index (χ2v) is 5.66. The van der Waals surface area contributed by atoms with E-state index in [0.29, 0.717) is 12.3 Å². The zero-order valence-corrected chi connectivity index (χ0v) is 13.1. The Balaban J connectivity index is 3.62. The van der Waals surface area contributed by atoms with Crippen LogP contribution in [0.4, 0.5) is 57.1 Å². The van der Waals surface area contributed by atoms with Gasteiger partial charge in [-0.1, -0.05) is 6.07 Å². The first-order valence-corrected chi connectivity index (χ1v) is 6.70. The number of hydrogen-bond donors (Lipinski definition) is 1. The topological polar surface area (TPSA) is 33.1 Å². The quantitative estimate of drug-likeness (QED) is 0.629. The molecule has 1 aromatic heterocycles. The van der Waals surface area contributed by atoms with Gasteiger partial charge in [-0.2, -0.15) is 57.1 Å². The number of nitrogens with zero attached hydrogens (tertiary/aromatic N) is 1. The molecule has 1 heterocycles. The molecule has 0 radical (unpaired) electrons. The van der Waals surface area contributed by atoms with Gasteiger partial charge in [0.15, 0.2) is 5.60 Å². The van der Waals surface area contributed by atoms with Gasteiger partial charge in [-0.25, -0.2) is 0 Å². The smallest absolute Gasteiger partial charge is 0.377 e. The molecule has 0 saturated carbocycles. The minimum absolute atomic E-state index is 0.292. The molecule has 0 amide bonds. The first kappa shape index (κ1) is 24.2. The molecule has 15 heteroatoms. The summed E-state index contributed by atoms with van der Waals surface area (Å²) in [6, 6.07) is 2.11. The lowest BCUT2D eigenvalue weighted by atomic mass is 9.83. The maximum atomic E-state index is 14.0. The molecule has 0 aromatic carbocycles. The first-order chi connectivity index (χ1) is 12.1. The number of aromatic nitrogens is 1. The normalized spacial score (nSPS) is 17.4. The van der Waals surface area contributed by atoms with Crippen LogP contribution >= 0.6 is 0 Å². The highest BCUT2D eigenvalue weighted by atomic mass is 19.4. The monoisotopic (exact) mass is 441 g/mol. The van der Waals surface area contributed by atoms with Crippen LogP contribution in [0, 0.1) is 0 Å². The van der Waals surface area contributed by atoms with E-state index in [1.54, 1.807) is 0 Å². The summed E-state index contributed by atoms with van der Waals surface area (Å²) >= 11 is 0. The number of halogens is 13. The van der Waals surface area contributed by atoms with Crippen molar-refractivity contribution >= 4 is 0 Å². The van der Waals surface area contributed by atoms with Crippen LogP contribution in [0.25, 0.3) is 0 Å². The van der Waals surface area contributed by atoms with E-state index in [1.165, 1.54) is 0 Å². The van der Waals surface area contributed by atoms with Crippen molar-refractivity contribution in [2.24, 2.45) is 0 Å². The van der Waals surface area contributed by atoms with Gasteiger partial charge in [0, 0.05) is 6.20 Å². The van der Waals surface area contributed by atoms with Gasteiger partial charge in [0.2, 0.25) is 0 Å². The highest BCUT2D eigenvalue weighted by Crippen LogP contribution is 2.62. The standard InChI is InChI=1S/C13H8F13NO/c1-7(28,6-4-2-3-5-27-6)8(14,15)9(16,17)10(18,19)11(20,21)12(22,23)13(24,25)26/h2-5,28H,1H3. The van der Waals surface area contributed by atoms with Crippen LogP contribution in [0.2, 0.25) is 0 Å². The fraction of sp³-hybridized carbons (Fsp3) is 0.615. The molecule has 162 valence electrons. The highest BCUT2D eigenvalue weighted by Gasteiger charge is 2.92.